The Morgan fingerprint density at radius 1 is 1.47 bits per heavy atom. The van der Waals surface area contributed by atoms with Crippen LogP contribution in [-0.2, 0) is 11.3 Å². The smallest absolute Gasteiger partial charge is 0.328 e. The molecular formula is C8H11ClN2O4. The minimum absolute atomic E-state index is 0.0447. The van der Waals surface area contributed by atoms with E-state index in [0.717, 1.165) is 0 Å². The highest BCUT2D eigenvalue weighted by Gasteiger charge is 2.01. The highest BCUT2D eigenvalue weighted by atomic mass is 35.5. The zero-order chi connectivity index (χ0) is 11.3. The standard InChI is InChI=1S/C8H11ClN2O4/c9-6-5-11(1-3-15-4-2-12)8(14)10-7(6)13/h5,12H,1-4H2,(H,10,13,14). The predicted molar refractivity (Wildman–Crippen MR) is 54.2 cm³/mol. The molecule has 84 valence electrons. The van der Waals surface area contributed by atoms with Gasteiger partial charge in [-0.1, -0.05) is 11.6 Å². The summed E-state index contributed by atoms with van der Waals surface area (Å²) < 4.78 is 6.20. The molecule has 0 unspecified atom stereocenters. The van der Waals surface area contributed by atoms with E-state index < -0.39 is 11.2 Å². The number of aromatic nitrogens is 2. The number of nitrogens with zero attached hydrogens (tertiary/aromatic N) is 1. The van der Waals surface area contributed by atoms with Crippen molar-refractivity contribution >= 4 is 11.6 Å². The van der Waals surface area contributed by atoms with Crippen molar-refractivity contribution < 1.29 is 9.84 Å². The van der Waals surface area contributed by atoms with Crippen LogP contribution in [0.3, 0.4) is 0 Å². The van der Waals surface area contributed by atoms with Gasteiger partial charge in [-0.15, -0.1) is 0 Å². The molecule has 1 heterocycles. The summed E-state index contributed by atoms with van der Waals surface area (Å²) >= 11 is 5.54. The van der Waals surface area contributed by atoms with E-state index in [1.165, 1.54) is 10.8 Å². The first-order valence-electron chi connectivity index (χ1n) is 4.33. The number of H-pyrrole nitrogens is 1. The predicted octanol–water partition coefficient (Wildman–Crippen LogP) is -0.801. The number of halogens is 1. The summed E-state index contributed by atoms with van der Waals surface area (Å²) in [6.07, 6.45) is 1.25. The second kappa shape index (κ2) is 5.69. The lowest BCUT2D eigenvalue weighted by atomic mass is 10.6. The van der Waals surface area contributed by atoms with Gasteiger partial charge in [0.2, 0.25) is 0 Å². The van der Waals surface area contributed by atoms with Gasteiger partial charge in [0.25, 0.3) is 5.56 Å². The lowest BCUT2D eigenvalue weighted by molar-refractivity contribution is 0.0863. The zero-order valence-corrected chi connectivity index (χ0v) is 8.66. The van der Waals surface area contributed by atoms with Crippen LogP contribution in [-0.4, -0.2) is 34.5 Å². The number of aromatic amines is 1. The Morgan fingerprint density at radius 2 is 2.20 bits per heavy atom. The Morgan fingerprint density at radius 3 is 2.87 bits per heavy atom. The van der Waals surface area contributed by atoms with E-state index in [1.54, 1.807) is 0 Å². The third-order valence-corrected chi connectivity index (χ3v) is 1.95. The van der Waals surface area contributed by atoms with Crippen LogP contribution in [0, 0.1) is 0 Å². The Labute approximate surface area is 90.1 Å². The molecule has 6 nitrogen and oxygen atoms in total. The molecule has 0 fully saturated rings. The Bertz CT molecular complexity index is 425. The van der Waals surface area contributed by atoms with Gasteiger partial charge < -0.3 is 9.84 Å². The van der Waals surface area contributed by atoms with E-state index in [-0.39, 0.29) is 31.4 Å². The monoisotopic (exact) mass is 234 g/mol. The average molecular weight is 235 g/mol. The van der Waals surface area contributed by atoms with Crippen molar-refractivity contribution in [1.82, 2.24) is 9.55 Å². The molecule has 0 bridgehead atoms. The molecule has 0 aliphatic heterocycles. The molecule has 0 spiro atoms. The fourth-order valence-corrected chi connectivity index (χ4v) is 1.14. The first-order valence-corrected chi connectivity index (χ1v) is 4.71. The van der Waals surface area contributed by atoms with E-state index in [9.17, 15) is 9.59 Å². The minimum atomic E-state index is -0.603. The number of ether oxygens (including phenoxy) is 1. The van der Waals surface area contributed by atoms with Crippen molar-refractivity contribution in [1.29, 1.82) is 0 Å². The fraction of sp³-hybridized carbons (Fsp3) is 0.500. The quantitative estimate of drug-likeness (QED) is 0.654. The van der Waals surface area contributed by atoms with Gasteiger partial charge in [-0.3, -0.25) is 14.3 Å². The molecule has 7 heteroatoms. The van der Waals surface area contributed by atoms with Crippen LogP contribution in [0.25, 0.3) is 0 Å². The molecule has 2 N–H and O–H groups in total. The Balaban J connectivity index is 2.66. The van der Waals surface area contributed by atoms with Crippen LogP contribution in [0.4, 0.5) is 0 Å². The van der Waals surface area contributed by atoms with E-state index in [1.807, 2.05) is 0 Å². The van der Waals surface area contributed by atoms with Crippen molar-refractivity contribution in [3.05, 3.63) is 32.1 Å². The zero-order valence-electron chi connectivity index (χ0n) is 7.90. The fourth-order valence-electron chi connectivity index (χ4n) is 0.978. The summed E-state index contributed by atoms with van der Waals surface area (Å²) in [4.78, 5) is 24.2. The number of aliphatic hydroxyl groups excluding tert-OH is 1. The lowest BCUT2D eigenvalue weighted by Crippen LogP contribution is -2.30. The maximum Gasteiger partial charge on any atom is 0.328 e. The van der Waals surface area contributed by atoms with E-state index >= 15 is 0 Å². The highest BCUT2D eigenvalue weighted by Crippen LogP contribution is 1.95. The average Bonchev–Trinajstić information content (AvgIpc) is 2.20. The molecular weight excluding hydrogens is 224 g/mol. The van der Waals surface area contributed by atoms with E-state index in [0.29, 0.717) is 0 Å². The summed E-state index contributed by atoms with van der Waals surface area (Å²) in [5, 5.41) is 8.39. The molecule has 15 heavy (non-hydrogen) atoms. The maximum absolute atomic E-state index is 11.2. The Hall–Kier alpha value is -1.11. The number of nitrogens with one attached hydrogen (secondary N) is 1. The van der Waals surface area contributed by atoms with Crippen LogP contribution in [0.2, 0.25) is 5.02 Å². The molecule has 0 aromatic carbocycles. The van der Waals surface area contributed by atoms with Crippen molar-refractivity contribution in [2.24, 2.45) is 0 Å². The second-order valence-corrected chi connectivity index (χ2v) is 3.17. The molecule has 0 aliphatic rings. The molecule has 1 rings (SSSR count). The van der Waals surface area contributed by atoms with Gasteiger partial charge in [0.15, 0.2) is 0 Å². The van der Waals surface area contributed by atoms with Gasteiger partial charge >= 0.3 is 5.69 Å². The van der Waals surface area contributed by atoms with Gasteiger partial charge in [0, 0.05) is 6.20 Å². The maximum atomic E-state index is 11.2. The van der Waals surface area contributed by atoms with Crippen LogP contribution in [0.1, 0.15) is 0 Å². The SMILES string of the molecule is O=c1[nH]c(=O)n(CCOCCO)cc1Cl. The van der Waals surface area contributed by atoms with Crippen molar-refractivity contribution in [2.45, 2.75) is 6.54 Å². The summed E-state index contributed by atoms with van der Waals surface area (Å²) in [5.74, 6) is 0. The molecule has 0 atom stereocenters. The topological polar surface area (TPSA) is 84.3 Å². The van der Waals surface area contributed by atoms with Gasteiger partial charge in [-0.25, -0.2) is 4.79 Å². The first-order chi connectivity index (χ1) is 7.15. The largest absolute Gasteiger partial charge is 0.394 e. The summed E-state index contributed by atoms with van der Waals surface area (Å²) in [7, 11) is 0. The summed E-state index contributed by atoms with van der Waals surface area (Å²) in [5.41, 5.74) is -1.13. The molecule has 0 radical (unpaired) electrons. The Kier molecular flexibility index (Phi) is 4.54. The van der Waals surface area contributed by atoms with Gasteiger partial charge in [0.1, 0.15) is 5.02 Å². The van der Waals surface area contributed by atoms with Gasteiger partial charge in [-0.2, -0.15) is 0 Å². The van der Waals surface area contributed by atoms with Crippen molar-refractivity contribution in [3.63, 3.8) is 0 Å². The van der Waals surface area contributed by atoms with Crippen molar-refractivity contribution in [2.75, 3.05) is 19.8 Å². The molecule has 0 saturated carbocycles. The van der Waals surface area contributed by atoms with E-state index in [2.05, 4.69) is 4.98 Å². The second-order valence-electron chi connectivity index (χ2n) is 2.77. The third kappa shape index (κ3) is 3.50. The minimum Gasteiger partial charge on any atom is -0.394 e. The summed E-state index contributed by atoms with van der Waals surface area (Å²) in [6, 6.07) is 0. The number of hydrogen-bond acceptors (Lipinski definition) is 4. The third-order valence-electron chi connectivity index (χ3n) is 1.68. The molecule has 0 amide bonds. The van der Waals surface area contributed by atoms with Crippen LogP contribution in [0.15, 0.2) is 15.8 Å². The van der Waals surface area contributed by atoms with Crippen molar-refractivity contribution in [3.8, 4) is 0 Å². The number of rotatable bonds is 5. The molecule has 1 aromatic heterocycles. The molecule has 1 aromatic rings. The number of aliphatic hydroxyl groups is 1. The highest BCUT2D eigenvalue weighted by molar-refractivity contribution is 6.30. The summed E-state index contributed by atoms with van der Waals surface area (Å²) in [6.45, 7) is 0.686. The molecule has 0 aliphatic carbocycles. The van der Waals surface area contributed by atoms with E-state index in [4.69, 9.17) is 21.4 Å². The van der Waals surface area contributed by atoms with Gasteiger partial charge in [-0.05, 0) is 0 Å². The van der Waals surface area contributed by atoms with Crippen LogP contribution in [0.5, 0.6) is 0 Å². The van der Waals surface area contributed by atoms with Crippen LogP contribution >= 0.6 is 11.6 Å². The number of hydrogen-bond donors (Lipinski definition) is 2. The van der Waals surface area contributed by atoms with Gasteiger partial charge in [0.05, 0.1) is 26.4 Å². The van der Waals surface area contributed by atoms with Crippen LogP contribution < -0.4 is 11.2 Å². The molecule has 0 saturated heterocycles. The lowest BCUT2D eigenvalue weighted by Gasteiger charge is -2.05. The first kappa shape index (κ1) is 12.0. The normalized spacial score (nSPS) is 10.5.